The number of hydrogen-bond acceptors (Lipinski definition) is 6. The number of carbonyl (C=O) groups excluding carboxylic acids is 3. The normalized spacial score (nSPS) is 11.2. The molecule has 2 N–H and O–H groups in total. The minimum Gasteiger partial charge on any atom is -0.493 e. The molecule has 0 saturated carbocycles. The van der Waals surface area contributed by atoms with Gasteiger partial charge in [-0.2, -0.15) is 0 Å². The molecule has 0 unspecified atom stereocenters. The highest BCUT2D eigenvalue weighted by molar-refractivity contribution is 5.97. The van der Waals surface area contributed by atoms with Gasteiger partial charge in [0.1, 0.15) is 6.54 Å². The van der Waals surface area contributed by atoms with Gasteiger partial charge in [-0.05, 0) is 56.2 Å². The first-order valence-electron chi connectivity index (χ1n) is 9.33. The van der Waals surface area contributed by atoms with E-state index in [1.54, 1.807) is 30.3 Å². The molecule has 2 aromatic carbocycles. The minimum absolute atomic E-state index is 0.347. The summed E-state index contributed by atoms with van der Waals surface area (Å²) in [6.07, 6.45) is -1.05. The van der Waals surface area contributed by atoms with E-state index in [2.05, 4.69) is 10.6 Å². The molecule has 0 radical (unpaired) electrons. The van der Waals surface area contributed by atoms with Crippen LogP contribution < -0.4 is 20.1 Å². The van der Waals surface area contributed by atoms with E-state index >= 15 is 0 Å². The Balaban J connectivity index is 1.86. The third kappa shape index (κ3) is 5.97. The molecular weight excluding hydrogens is 388 g/mol. The Morgan fingerprint density at radius 1 is 0.933 bits per heavy atom. The third-order valence-corrected chi connectivity index (χ3v) is 4.49. The van der Waals surface area contributed by atoms with Crippen LogP contribution in [0.5, 0.6) is 11.5 Å². The summed E-state index contributed by atoms with van der Waals surface area (Å²) >= 11 is 0. The molecule has 160 valence electrons. The van der Waals surface area contributed by atoms with E-state index in [-0.39, 0.29) is 6.54 Å². The summed E-state index contributed by atoms with van der Waals surface area (Å²) in [5.74, 6) is -0.654. The Morgan fingerprint density at radius 2 is 1.63 bits per heavy atom. The highest BCUT2D eigenvalue weighted by Gasteiger charge is 2.19. The van der Waals surface area contributed by atoms with Crippen molar-refractivity contribution < 1.29 is 28.6 Å². The lowest BCUT2D eigenvalue weighted by Crippen LogP contribution is -2.35. The Bertz CT molecular complexity index is 941. The summed E-state index contributed by atoms with van der Waals surface area (Å²) in [5.41, 5.74) is 2.96. The van der Waals surface area contributed by atoms with Crippen LogP contribution in [-0.4, -0.2) is 44.7 Å². The lowest BCUT2D eigenvalue weighted by Gasteiger charge is -2.15. The summed E-state index contributed by atoms with van der Waals surface area (Å²) in [4.78, 5) is 36.4. The second-order valence-electron chi connectivity index (χ2n) is 6.67. The van der Waals surface area contributed by atoms with Gasteiger partial charge in [0.05, 0.1) is 14.2 Å². The number of methoxy groups -OCH3 is 2. The summed E-state index contributed by atoms with van der Waals surface area (Å²) in [7, 11) is 3.00. The van der Waals surface area contributed by atoms with Crippen molar-refractivity contribution in [1.29, 1.82) is 0 Å². The Morgan fingerprint density at radius 3 is 2.27 bits per heavy atom. The maximum Gasteiger partial charge on any atom is 0.326 e. The standard InChI is InChI=1S/C22H26N2O6/c1-13-6-7-16(10-14(13)2)22(27)23-12-20(25)30-15(3)21(26)24-17-8-9-18(28-4)19(11-17)29-5/h6-11,15H,12H2,1-5H3,(H,23,27)(H,24,26)/t15-/m1/s1. The maximum atomic E-state index is 12.3. The van der Waals surface area contributed by atoms with Crippen LogP contribution in [0.2, 0.25) is 0 Å². The molecule has 1 atom stereocenters. The molecular formula is C22H26N2O6. The van der Waals surface area contributed by atoms with E-state index in [1.165, 1.54) is 21.1 Å². The van der Waals surface area contributed by atoms with Crippen LogP contribution in [0.3, 0.4) is 0 Å². The zero-order valence-electron chi connectivity index (χ0n) is 17.7. The topological polar surface area (TPSA) is 103 Å². The van der Waals surface area contributed by atoms with Crippen LogP contribution in [0.1, 0.15) is 28.4 Å². The van der Waals surface area contributed by atoms with Crippen molar-refractivity contribution in [1.82, 2.24) is 5.32 Å². The predicted molar refractivity (Wildman–Crippen MR) is 112 cm³/mol. The fraction of sp³-hybridized carbons (Fsp3) is 0.318. The van der Waals surface area contributed by atoms with Crippen molar-refractivity contribution in [3.05, 3.63) is 53.1 Å². The molecule has 0 bridgehead atoms. The van der Waals surface area contributed by atoms with Gasteiger partial charge < -0.3 is 24.8 Å². The molecule has 0 aromatic heterocycles. The molecule has 2 amide bonds. The van der Waals surface area contributed by atoms with Gasteiger partial charge in [-0.25, -0.2) is 0 Å². The van der Waals surface area contributed by atoms with E-state index < -0.39 is 23.9 Å². The van der Waals surface area contributed by atoms with Gasteiger partial charge in [0.15, 0.2) is 17.6 Å². The fourth-order valence-electron chi connectivity index (χ4n) is 2.59. The summed E-state index contributed by atoms with van der Waals surface area (Å²) in [6.45, 7) is 4.95. The van der Waals surface area contributed by atoms with Crippen LogP contribution in [0.25, 0.3) is 0 Å². The van der Waals surface area contributed by atoms with Gasteiger partial charge in [-0.15, -0.1) is 0 Å². The highest BCUT2D eigenvalue weighted by atomic mass is 16.5. The molecule has 2 aromatic rings. The lowest BCUT2D eigenvalue weighted by molar-refractivity contribution is -0.152. The average molecular weight is 414 g/mol. The van der Waals surface area contributed by atoms with Gasteiger partial charge in [-0.3, -0.25) is 14.4 Å². The van der Waals surface area contributed by atoms with Crippen LogP contribution >= 0.6 is 0 Å². The second-order valence-corrected chi connectivity index (χ2v) is 6.67. The molecule has 0 spiro atoms. The average Bonchev–Trinajstić information content (AvgIpc) is 2.73. The van der Waals surface area contributed by atoms with Gasteiger partial charge >= 0.3 is 5.97 Å². The summed E-state index contributed by atoms with van der Waals surface area (Å²) in [5, 5.41) is 5.13. The molecule has 0 saturated heterocycles. The maximum absolute atomic E-state index is 12.3. The van der Waals surface area contributed by atoms with Crippen molar-refractivity contribution in [2.24, 2.45) is 0 Å². The number of anilines is 1. The number of ether oxygens (including phenoxy) is 3. The number of nitrogens with one attached hydrogen (secondary N) is 2. The van der Waals surface area contributed by atoms with Crippen molar-refractivity contribution in [3.63, 3.8) is 0 Å². The Hall–Kier alpha value is -3.55. The van der Waals surface area contributed by atoms with E-state index in [0.717, 1.165) is 11.1 Å². The first-order valence-corrected chi connectivity index (χ1v) is 9.33. The van der Waals surface area contributed by atoms with Gasteiger partial charge in [0.2, 0.25) is 0 Å². The van der Waals surface area contributed by atoms with E-state index in [0.29, 0.717) is 22.7 Å². The first-order chi connectivity index (χ1) is 14.2. The number of rotatable bonds is 8. The molecule has 0 heterocycles. The van der Waals surface area contributed by atoms with Gasteiger partial charge in [0.25, 0.3) is 11.8 Å². The molecule has 30 heavy (non-hydrogen) atoms. The summed E-state index contributed by atoms with van der Waals surface area (Å²) < 4.78 is 15.4. The van der Waals surface area contributed by atoms with Crippen LogP contribution in [0, 0.1) is 13.8 Å². The van der Waals surface area contributed by atoms with Crippen molar-refractivity contribution in [2.75, 3.05) is 26.1 Å². The molecule has 0 fully saturated rings. The van der Waals surface area contributed by atoms with Crippen molar-refractivity contribution in [2.45, 2.75) is 26.9 Å². The number of hydrogen-bond donors (Lipinski definition) is 2. The SMILES string of the molecule is COc1ccc(NC(=O)[C@@H](C)OC(=O)CNC(=O)c2ccc(C)c(C)c2)cc1OC. The van der Waals surface area contributed by atoms with Crippen LogP contribution in [0.4, 0.5) is 5.69 Å². The van der Waals surface area contributed by atoms with E-state index in [9.17, 15) is 14.4 Å². The Kier molecular flexibility index (Phi) is 7.80. The van der Waals surface area contributed by atoms with E-state index in [4.69, 9.17) is 14.2 Å². The zero-order chi connectivity index (χ0) is 22.3. The zero-order valence-corrected chi connectivity index (χ0v) is 17.7. The molecule has 0 aliphatic rings. The van der Waals surface area contributed by atoms with Crippen LogP contribution in [0.15, 0.2) is 36.4 Å². The molecule has 0 aliphatic heterocycles. The van der Waals surface area contributed by atoms with Gasteiger partial charge in [0, 0.05) is 17.3 Å². The molecule has 2 rings (SSSR count). The number of esters is 1. The Labute approximate surface area is 175 Å². The third-order valence-electron chi connectivity index (χ3n) is 4.49. The molecule has 0 aliphatic carbocycles. The first kappa shape index (κ1) is 22.7. The van der Waals surface area contributed by atoms with Crippen molar-refractivity contribution >= 4 is 23.5 Å². The lowest BCUT2D eigenvalue weighted by atomic mass is 10.1. The molecule has 8 heteroatoms. The highest BCUT2D eigenvalue weighted by Crippen LogP contribution is 2.29. The summed E-state index contributed by atoms with van der Waals surface area (Å²) in [6, 6.07) is 10.1. The van der Waals surface area contributed by atoms with Gasteiger partial charge in [-0.1, -0.05) is 6.07 Å². The fourth-order valence-corrected chi connectivity index (χ4v) is 2.59. The minimum atomic E-state index is -1.05. The predicted octanol–water partition coefficient (Wildman–Crippen LogP) is 2.62. The van der Waals surface area contributed by atoms with Crippen LogP contribution in [-0.2, 0) is 14.3 Å². The smallest absolute Gasteiger partial charge is 0.326 e. The number of amides is 2. The number of benzene rings is 2. The largest absolute Gasteiger partial charge is 0.493 e. The number of carbonyl (C=O) groups is 3. The van der Waals surface area contributed by atoms with E-state index in [1.807, 2.05) is 19.9 Å². The quantitative estimate of drug-likeness (QED) is 0.644. The molecule has 8 nitrogen and oxygen atoms in total. The number of aryl methyl sites for hydroxylation is 2. The second kappa shape index (κ2) is 10.3. The monoisotopic (exact) mass is 414 g/mol. The van der Waals surface area contributed by atoms with Crippen molar-refractivity contribution in [3.8, 4) is 11.5 Å².